The van der Waals surface area contributed by atoms with Gasteiger partial charge < -0.3 is 0 Å². The van der Waals surface area contributed by atoms with E-state index in [0.29, 0.717) is 0 Å². The first-order valence-corrected chi connectivity index (χ1v) is 11.1. The molecule has 0 aliphatic carbocycles. The number of carbonyl (C=O) groups excluding carboxylic acids is 1. The Labute approximate surface area is 177 Å². The topological polar surface area (TPSA) is 119 Å². The van der Waals surface area contributed by atoms with Gasteiger partial charge in [0.25, 0.3) is 11.6 Å². The summed E-state index contributed by atoms with van der Waals surface area (Å²) in [5, 5.41) is 14.9. The highest BCUT2D eigenvalue weighted by Crippen LogP contribution is 2.33. The lowest BCUT2D eigenvalue weighted by Crippen LogP contribution is -2.13. The SMILES string of the molecule is CS(=O)(=O)c1cc(C(=O)Nc2nc(-c3cccc(C(F)(F)F)c3)cs2)cc([N+](=O)[O-])c1. The van der Waals surface area contributed by atoms with Crippen LogP contribution >= 0.6 is 11.3 Å². The van der Waals surface area contributed by atoms with Gasteiger partial charge in [-0.15, -0.1) is 11.3 Å². The molecule has 13 heteroatoms. The summed E-state index contributed by atoms with van der Waals surface area (Å²) in [6.07, 6.45) is -3.68. The van der Waals surface area contributed by atoms with Gasteiger partial charge in [-0.1, -0.05) is 12.1 Å². The molecule has 3 aromatic rings. The first-order chi connectivity index (χ1) is 14.3. The van der Waals surface area contributed by atoms with Crippen LogP contribution in [0.15, 0.2) is 52.7 Å². The standard InChI is InChI=1S/C18H12F3N3O5S2/c1-31(28,29)14-7-11(6-13(8-14)24(26)27)16(25)23-17-22-15(9-30-17)10-3-2-4-12(5-10)18(19,20)21/h2-9H,1H3,(H,22,23,25). The van der Waals surface area contributed by atoms with Crippen molar-refractivity contribution in [1.82, 2.24) is 4.98 Å². The number of amides is 1. The van der Waals surface area contributed by atoms with Crippen LogP contribution in [0.2, 0.25) is 0 Å². The monoisotopic (exact) mass is 471 g/mol. The molecule has 0 aliphatic heterocycles. The molecule has 1 N–H and O–H groups in total. The lowest BCUT2D eigenvalue weighted by atomic mass is 10.1. The van der Waals surface area contributed by atoms with Crippen LogP contribution in [0.5, 0.6) is 0 Å². The second-order valence-electron chi connectivity index (χ2n) is 6.32. The Kier molecular flexibility index (Phi) is 5.83. The number of thiazole rings is 1. The van der Waals surface area contributed by atoms with E-state index >= 15 is 0 Å². The number of sulfone groups is 1. The summed E-state index contributed by atoms with van der Waals surface area (Å²) in [5.41, 5.74) is -1.36. The summed E-state index contributed by atoms with van der Waals surface area (Å²) >= 11 is 0.925. The van der Waals surface area contributed by atoms with E-state index in [1.807, 2.05) is 0 Å². The van der Waals surface area contributed by atoms with Gasteiger partial charge in [-0.2, -0.15) is 13.2 Å². The molecule has 3 rings (SSSR count). The highest BCUT2D eigenvalue weighted by molar-refractivity contribution is 7.90. The van der Waals surface area contributed by atoms with E-state index in [1.165, 1.54) is 17.5 Å². The number of nitrogens with zero attached hydrogens (tertiary/aromatic N) is 2. The number of nitro benzene ring substituents is 1. The minimum absolute atomic E-state index is 0.0184. The van der Waals surface area contributed by atoms with E-state index in [9.17, 15) is 36.5 Å². The first kappa shape index (κ1) is 22.4. The highest BCUT2D eigenvalue weighted by Gasteiger charge is 2.30. The molecule has 1 heterocycles. The van der Waals surface area contributed by atoms with Crippen molar-refractivity contribution in [3.8, 4) is 11.3 Å². The Morgan fingerprint density at radius 3 is 2.52 bits per heavy atom. The molecule has 0 unspecified atom stereocenters. The third-order valence-electron chi connectivity index (χ3n) is 4.00. The Morgan fingerprint density at radius 1 is 1.19 bits per heavy atom. The van der Waals surface area contributed by atoms with Crippen LogP contribution < -0.4 is 5.32 Å². The molecule has 0 fully saturated rings. The fourth-order valence-electron chi connectivity index (χ4n) is 2.52. The van der Waals surface area contributed by atoms with Gasteiger partial charge in [0.15, 0.2) is 15.0 Å². The van der Waals surface area contributed by atoms with Crippen molar-refractivity contribution in [2.24, 2.45) is 0 Å². The number of alkyl halides is 3. The second kappa shape index (κ2) is 8.07. The first-order valence-electron chi connectivity index (χ1n) is 8.28. The summed E-state index contributed by atoms with van der Waals surface area (Å²) in [4.78, 5) is 26.4. The Bertz CT molecular complexity index is 1290. The zero-order valence-electron chi connectivity index (χ0n) is 15.5. The van der Waals surface area contributed by atoms with Crippen LogP contribution in [0.3, 0.4) is 0 Å². The number of carbonyl (C=O) groups is 1. The van der Waals surface area contributed by atoms with Gasteiger partial charge in [0.05, 0.1) is 21.1 Å². The normalized spacial score (nSPS) is 11.9. The van der Waals surface area contributed by atoms with Crippen LogP contribution in [-0.4, -0.2) is 30.5 Å². The van der Waals surface area contributed by atoms with Crippen LogP contribution in [0.1, 0.15) is 15.9 Å². The Hall–Kier alpha value is -3.32. The molecular weight excluding hydrogens is 459 g/mol. The molecule has 2 aromatic carbocycles. The molecule has 31 heavy (non-hydrogen) atoms. The third-order valence-corrected chi connectivity index (χ3v) is 5.85. The Balaban J connectivity index is 1.89. The summed E-state index contributed by atoms with van der Waals surface area (Å²) in [6, 6.07) is 7.21. The summed E-state index contributed by atoms with van der Waals surface area (Å²) in [6.45, 7) is 0. The van der Waals surface area contributed by atoms with E-state index in [-0.39, 0.29) is 22.0 Å². The number of non-ortho nitro benzene ring substituents is 1. The summed E-state index contributed by atoms with van der Waals surface area (Å²) < 4.78 is 62.2. The van der Waals surface area contributed by atoms with Crippen molar-refractivity contribution in [1.29, 1.82) is 0 Å². The number of halogens is 3. The van der Waals surface area contributed by atoms with Gasteiger partial charge in [0.1, 0.15) is 0 Å². The molecule has 0 bridgehead atoms. The molecule has 0 saturated heterocycles. The average Bonchev–Trinajstić information content (AvgIpc) is 3.15. The van der Waals surface area contributed by atoms with E-state index in [0.717, 1.165) is 47.9 Å². The largest absolute Gasteiger partial charge is 0.416 e. The van der Waals surface area contributed by atoms with Gasteiger partial charge >= 0.3 is 6.18 Å². The molecule has 1 aromatic heterocycles. The minimum Gasteiger partial charge on any atom is -0.298 e. The number of nitrogens with one attached hydrogen (secondary N) is 1. The van der Waals surface area contributed by atoms with Crippen LogP contribution in [0.25, 0.3) is 11.3 Å². The zero-order chi connectivity index (χ0) is 23.0. The zero-order valence-corrected chi connectivity index (χ0v) is 17.1. The molecule has 0 atom stereocenters. The van der Waals surface area contributed by atoms with Gasteiger partial charge in [-0.05, 0) is 18.2 Å². The number of rotatable bonds is 5. The van der Waals surface area contributed by atoms with E-state index in [1.54, 1.807) is 0 Å². The summed E-state index contributed by atoms with van der Waals surface area (Å²) in [5.74, 6) is -0.862. The number of benzene rings is 2. The molecule has 8 nitrogen and oxygen atoms in total. The van der Waals surface area contributed by atoms with Crippen molar-refractivity contribution >= 4 is 37.9 Å². The predicted octanol–water partition coefficient (Wildman–Crippen LogP) is 4.39. The van der Waals surface area contributed by atoms with E-state index in [4.69, 9.17) is 0 Å². The smallest absolute Gasteiger partial charge is 0.298 e. The molecule has 0 spiro atoms. The minimum atomic E-state index is -4.53. The maximum atomic E-state index is 12.9. The van der Waals surface area contributed by atoms with Crippen molar-refractivity contribution in [3.63, 3.8) is 0 Å². The third kappa shape index (κ3) is 5.24. The van der Waals surface area contributed by atoms with Crippen LogP contribution in [0.4, 0.5) is 24.0 Å². The number of nitro groups is 1. The number of hydrogen-bond acceptors (Lipinski definition) is 7. The highest BCUT2D eigenvalue weighted by atomic mass is 32.2. The molecular formula is C18H12F3N3O5S2. The van der Waals surface area contributed by atoms with Crippen molar-refractivity contribution < 1.29 is 31.3 Å². The van der Waals surface area contributed by atoms with Gasteiger partial charge in [0.2, 0.25) is 0 Å². The summed E-state index contributed by atoms with van der Waals surface area (Å²) in [7, 11) is -3.83. The lowest BCUT2D eigenvalue weighted by Gasteiger charge is -2.07. The van der Waals surface area contributed by atoms with Gasteiger partial charge in [-0.3, -0.25) is 20.2 Å². The van der Waals surface area contributed by atoms with Crippen molar-refractivity contribution in [3.05, 3.63) is 69.1 Å². The number of hydrogen-bond donors (Lipinski definition) is 1. The van der Waals surface area contributed by atoms with Crippen LogP contribution in [-0.2, 0) is 16.0 Å². The van der Waals surface area contributed by atoms with Crippen molar-refractivity contribution in [2.45, 2.75) is 11.1 Å². The average molecular weight is 471 g/mol. The van der Waals surface area contributed by atoms with E-state index < -0.39 is 43.0 Å². The number of anilines is 1. The molecule has 0 radical (unpaired) electrons. The van der Waals surface area contributed by atoms with Crippen LogP contribution in [0, 0.1) is 10.1 Å². The maximum Gasteiger partial charge on any atom is 0.416 e. The molecule has 0 aliphatic rings. The second-order valence-corrected chi connectivity index (χ2v) is 9.19. The predicted molar refractivity (Wildman–Crippen MR) is 107 cm³/mol. The van der Waals surface area contributed by atoms with Gasteiger partial charge in [-0.25, -0.2) is 13.4 Å². The van der Waals surface area contributed by atoms with E-state index in [2.05, 4.69) is 10.3 Å². The van der Waals surface area contributed by atoms with Crippen molar-refractivity contribution in [2.75, 3.05) is 11.6 Å². The fourth-order valence-corrected chi connectivity index (χ4v) is 3.91. The Morgan fingerprint density at radius 2 is 1.90 bits per heavy atom. The fraction of sp³-hybridized carbons (Fsp3) is 0.111. The quantitative estimate of drug-likeness (QED) is 0.435. The molecule has 1 amide bonds. The number of aromatic nitrogens is 1. The molecule has 0 saturated carbocycles. The van der Waals surface area contributed by atoms with Gasteiger partial charge in [0, 0.05) is 34.9 Å². The lowest BCUT2D eigenvalue weighted by molar-refractivity contribution is -0.385. The molecule has 162 valence electrons. The maximum absolute atomic E-state index is 12.9.